The molecule has 0 aliphatic carbocycles. The molecular formula is C28H22FN5O. The second-order valence-corrected chi connectivity index (χ2v) is 8.07. The second-order valence-electron chi connectivity index (χ2n) is 8.07. The summed E-state index contributed by atoms with van der Waals surface area (Å²) in [5, 5.41) is 10.2. The molecule has 172 valence electrons. The van der Waals surface area contributed by atoms with Gasteiger partial charge >= 0.3 is 0 Å². The first-order valence-electron chi connectivity index (χ1n) is 11.1. The van der Waals surface area contributed by atoms with E-state index in [-0.39, 0.29) is 11.7 Å². The maximum absolute atomic E-state index is 13.8. The largest absolute Gasteiger partial charge is 0.355 e. The van der Waals surface area contributed by atoms with Crippen LogP contribution in [-0.4, -0.2) is 15.9 Å². The Morgan fingerprint density at radius 3 is 2.26 bits per heavy atom. The van der Waals surface area contributed by atoms with Crippen LogP contribution in [0.5, 0.6) is 0 Å². The number of rotatable bonds is 6. The van der Waals surface area contributed by atoms with Crippen LogP contribution >= 0.6 is 0 Å². The number of nitrogens with zero attached hydrogens (tertiary/aromatic N) is 2. The second kappa shape index (κ2) is 9.61. The molecule has 0 saturated carbocycles. The van der Waals surface area contributed by atoms with Crippen LogP contribution in [0.4, 0.5) is 32.8 Å². The Labute approximate surface area is 201 Å². The molecule has 0 atom stereocenters. The van der Waals surface area contributed by atoms with Crippen molar-refractivity contribution in [3.8, 4) is 0 Å². The molecule has 0 spiro atoms. The highest BCUT2D eigenvalue weighted by atomic mass is 19.1. The smallest absolute Gasteiger partial charge is 0.255 e. The molecule has 3 aromatic carbocycles. The molecule has 0 fully saturated rings. The van der Waals surface area contributed by atoms with Crippen molar-refractivity contribution in [3.63, 3.8) is 0 Å². The Hall–Kier alpha value is -4.78. The first-order chi connectivity index (χ1) is 17.0. The highest BCUT2D eigenvalue weighted by Gasteiger charge is 2.10. The number of benzene rings is 3. The van der Waals surface area contributed by atoms with E-state index < -0.39 is 0 Å². The Kier molecular flexibility index (Phi) is 6.05. The lowest BCUT2D eigenvalue weighted by atomic mass is 10.1. The number of halogens is 1. The van der Waals surface area contributed by atoms with Crippen molar-refractivity contribution < 1.29 is 9.18 Å². The lowest BCUT2D eigenvalue weighted by Gasteiger charge is -2.13. The Morgan fingerprint density at radius 1 is 0.743 bits per heavy atom. The van der Waals surface area contributed by atoms with E-state index in [0.29, 0.717) is 22.2 Å². The quantitative estimate of drug-likeness (QED) is 0.258. The number of aryl methyl sites for hydroxylation is 1. The van der Waals surface area contributed by atoms with E-state index in [1.54, 1.807) is 36.8 Å². The Bertz CT molecular complexity index is 1500. The van der Waals surface area contributed by atoms with Gasteiger partial charge in [0.25, 0.3) is 5.91 Å². The Morgan fingerprint density at radius 2 is 1.49 bits per heavy atom. The summed E-state index contributed by atoms with van der Waals surface area (Å²) >= 11 is 0. The summed E-state index contributed by atoms with van der Waals surface area (Å²) in [5.41, 5.74) is 6.23. The number of nitrogens with one attached hydrogen (secondary N) is 3. The summed E-state index contributed by atoms with van der Waals surface area (Å²) in [4.78, 5) is 21.1. The molecule has 0 aliphatic heterocycles. The Balaban J connectivity index is 1.28. The molecule has 0 bridgehead atoms. The minimum atomic E-state index is -0.321. The summed E-state index contributed by atoms with van der Waals surface area (Å²) in [6, 6.07) is 23.0. The SMILES string of the molecule is Cc1cc(C(=O)Nc2ccc(Nc3ccncc3)cc2)ccc1Nc1ccnc2ccc(F)cc12. The minimum Gasteiger partial charge on any atom is -0.355 e. The van der Waals surface area contributed by atoms with Gasteiger partial charge in [0.05, 0.1) is 5.52 Å². The van der Waals surface area contributed by atoms with Gasteiger partial charge in [0, 0.05) is 58.0 Å². The molecule has 7 heteroatoms. The third-order valence-electron chi connectivity index (χ3n) is 5.57. The topological polar surface area (TPSA) is 78.9 Å². The number of hydrogen-bond donors (Lipinski definition) is 3. The lowest BCUT2D eigenvalue weighted by Crippen LogP contribution is -2.12. The van der Waals surface area contributed by atoms with E-state index >= 15 is 0 Å². The standard InChI is InChI=1S/C28H22FN5O/c1-18-16-19(2-8-25(18)34-27-12-15-31-26-9-3-20(29)17-24(26)27)28(35)33-22-6-4-21(5-7-22)32-23-10-13-30-14-11-23/h2-17H,1H3,(H,30,32)(H,31,34)(H,33,35). The van der Waals surface area contributed by atoms with Gasteiger partial charge in [-0.3, -0.25) is 14.8 Å². The van der Waals surface area contributed by atoms with Crippen LogP contribution in [0.25, 0.3) is 10.9 Å². The number of hydrogen-bond acceptors (Lipinski definition) is 5. The highest BCUT2D eigenvalue weighted by Crippen LogP contribution is 2.28. The van der Waals surface area contributed by atoms with Gasteiger partial charge in [-0.05, 0) is 91.3 Å². The zero-order valence-corrected chi connectivity index (χ0v) is 18.9. The van der Waals surface area contributed by atoms with Crippen molar-refractivity contribution in [1.29, 1.82) is 0 Å². The molecule has 3 N–H and O–H groups in total. The van der Waals surface area contributed by atoms with Crippen LogP contribution < -0.4 is 16.0 Å². The van der Waals surface area contributed by atoms with E-state index in [9.17, 15) is 9.18 Å². The molecule has 0 saturated heterocycles. The zero-order valence-electron chi connectivity index (χ0n) is 18.9. The van der Waals surface area contributed by atoms with Crippen LogP contribution in [0.1, 0.15) is 15.9 Å². The summed E-state index contributed by atoms with van der Waals surface area (Å²) in [6.45, 7) is 1.92. The van der Waals surface area contributed by atoms with Crippen molar-refractivity contribution in [2.45, 2.75) is 6.92 Å². The summed E-state index contributed by atoms with van der Waals surface area (Å²) in [6.07, 6.45) is 5.12. The number of amides is 1. The predicted molar refractivity (Wildman–Crippen MR) is 138 cm³/mol. The maximum Gasteiger partial charge on any atom is 0.255 e. The number of aromatic nitrogens is 2. The van der Waals surface area contributed by atoms with Gasteiger partial charge in [0.2, 0.25) is 0 Å². The van der Waals surface area contributed by atoms with Crippen LogP contribution in [0.2, 0.25) is 0 Å². The molecule has 0 unspecified atom stereocenters. The van der Waals surface area contributed by atoms with E-state index in [0.717, 1.165) is 28.3 Å². The number of carbonyl (C=O) groups is 1. The summed E-state index contributed by atoms with van der Waals surface area (Å²) in [7, 11) is 0. The summed E-state index contributed by atoms with van der Waals surface area (Å²) in [5.74, 6) is -0.524. The number of carbonyl (C=O) groups excluding carboxylic acids is 1. The van der Waals surface area contributed by atoms with Gasteiger partial charge in [0.15, 0.2) is 0 Å². The molecule has 6 nitrogen and oxygen atoms in total. The molecular weight excluding hydrogens is 441 g/mol. The van der Waals surface area contributed by atoms with Crippen molar-refractivity contribution in [3.05, 3.63) is 114 Å². The molecule has 0 radical (unpaired) electrons. The van der Waals surface area contributed by atoms with Crippen LogP contribution in [0.3, 0.4) is 0 Å². The van der Waals surface area contributed by atoms with E-state index in [1.165, 1.54) is 12.1 Å². The van der Waals surface area contributed by atoms with Crippen molar-refractivity contribution in [2.75, 3.05) is 16.0 Å². The van der Waals surface area contributed by atoms with Crippen LogP contribution in [0, 0.1) is 12.7 Å². The van der Waals surface area contributed by atoms with Gasteiger partial charge in [0.1, 0.15) is 5.82 Å². The third kappa shape index (κ3) is 5.09. The van der Waals surface area contributed by atoms with Gasteiger partial charge in [-0.2, -0.15) is 0 Å². The monoisotopic (exact) mass is 463 g/mol. The molecule has 5 aromatic rings. The molecule has 2 aromatic heterocycles. The number of fused-ring (bicyclic) bond motifs is 1. The third-order valence-corrected chi connectivity index (χ3v) is 5.57. The van der Waals surface area contributed by atoms with Crippen LogP contribution in [-0.2, 0) is 0 Å². The first kappa shape index (κ1) is 22.0. The van der Waals surface area contributed by atoms with E-state index in [1.807, 2.05) is 55.5 Å². The average Bonchev–Trinajstić information content (AvgIpc) is 2.87. The molecule has 1 amide bonds. The number of anilines is 5. The maximum atomic E-state index is 13.8. The van der Waals surface area contributed by atoms with Crippen molar-refractivity contribution in [2.24, 2.45) is 0 Å². The number of pyridine rings is 2. The first-order valence-corrected chi connectivity index (χ1v) is 11.1. The van der Waals surface area contributed by atoms with E-state index in [2.05, 4.69) is 25.9 Å². The fraction of sp³-hybridized carbons (Fsp3) is 0.0357. The van der Waals surface area contributed by atoms with Gasteiger partial charge in [-0.25, -0.2) is 4.39 Å². The zero-order chi connectivity index (χ0) is 24.2. The van der Waals surface area contributed by atoms with Crippen LogP contribution in [0.15, 0.2) is 97.5 Å². The molecule has 35 heavy (non-hydrogen) atoms. The van der Waals surface area contributed by atoms with Gasteiger partial charge in [-0.1, -0.05) is 0 Å². The summed E-state index contributed by atoms with van der Waals surface area (Å²) < 4.78 is 13.8. The fourth-order valence-electron chi connectivity index (χ4n) is 3.76. The average molecular weight is 464 g/mol. The van der Waals surface area contributed by atoms with Gasteiger partial charge < -0.3 is 16.0 Å². The molecule has 2 heterocycles. The molecule has 5 rings (SSSR count). The minimum absolute atomic E-state index is 0.203. The lowest BCUT2D eigenvalue weighted by molar-refractivity contribution is 0.102. The molecule has 0 aliphatic rings. The fourth-order valence-corrected chi connectivity index (χ4v) is 3.76. The normalized spacial score (nSPS) is 10.7. The van der Waals surface area contributed by atoms with Crippen molar-refractivity contribution >= 4 is 45.2 Å². The predicted octanol–water partition coefficient (Wildman–Crippen LogP) is 6.82. The highest BCUT2D eigenvalue weighted by molar-refractivity contribution is 6.05. The van der Waals surface area contributed by atoms with Gasteiger partial charge in [-0.15, -0.1) is 0 Å². The van der Waals surface area contributed by atoms with E-state index in [4.69, 9.17) is 0 Å². The van der Waals surface area contributed by atoms with Crippen molar-refractivity contribution in [1.82, 2.24) is 9.97 Å².